The van der Waals surface area contributed by atoms with Crippen LogP contribution in [-0.4, -0.2) is 11.2 Å². The molecule has 2 heterocycles. The molecule has 0 saturated heterocycles. The normalized spacial score (nSPS) is 18.3. The fourth-order valence-corrected chi connectivity index (χ4v) is 3.97. The molecule has 1 atom stereocenters. The molecular formula is C19H25IN2O. The van der Waals surface area contributed by atoms with Crippen LogP contribution < -0.4 is 33.3 Å². The van der Waals surface area contributed by atoms with Crippen LogP contribution in [-0.2, 0) is 19.4 Å². The van der Waals surface area contributed by atoms with E-state index in [-0.39, 0.29) is 24.0 Å². The van der Waals surface area contributed by atoms with Gasteiger partial charge >= 0.3 is 0 Å². The molecule has 4 rings (SSSR count). The van der Waals surface area contributed by atoms with Crippen molar-refractivity contribution in [2.45, 2.75) is 58.5 Å². The number of aryl methyl sites for hydroxylation is 2. The molecule has 3 nitrogen and oxygen atoms in total. The van der Waals surface area contributed by atoms with Gasteiger partial charge in [0.2, 0.25) is 0 Å². The van der Waals surface area contributed by atoms with E-state index in [1.165, 1.54) is 48.2 Å². The average molecular weight is 424 g/mol. The van der Waals surface area contributed by atoms with E-state index in [9.17, 15) is 0 Å². The standard InChI is InChI=1S/C19H25N2O.HI/c1-3-4-8-20-9-10-21(14(20)2)18-6-5-15-12-16-7-11-22-19(16)13-17(15)18;/h9-10,12-13,18H,3-8,11H2,1-2H3;1H/q+1;/p-1. The van der Waals surface area contributed by atoms with Crippen molar-refractivity contribution in [3.05, 3.63) is 47.0 Å². The van der Waals surface area contributed by atoms with Gasteiger partial charge in [-0.05, 0) is 36.5 Å². The van der Waals surface area contributed by atoms with Crippen LogP contribution in [0.5, 0.6) is 5.75 Å². The first kappa shape index (κ1) is 16.8. The van der Waals surface area contributed by atoms with Crippen molar-refractivity contribution >= 4 is 0 Å². The molecule has 0 spiro atoms. The molecular weight excluding hydrogens is 399 g/mol. The Morgan fingerprint density at radius 3 is 2.96 bits per heavy atom. The number of nitrogens with zero attached hydrogens (tertiary/aromatic N) is 2. The minimum Gasteiger partial charge on any atom is -1.00 e. The number of ether oxygens (including phenoxy) is 1. The summed E-state index contributed by atoms with van der Waals surface area (Å²) in [7, 11) is 0. The lowest BCUT2D eigenvalue weighted by molar-refractivity contribution is -0.702. The number of imidazole rings is 1. The first-order valence-corrected chi connectivity index (χ1v) is 8.63. The molecule has 0 bridgehead atoms. The molecule has 1 aliphatic heterocycles. The molecule has 124 valence electrons. The van der Waals surface area contributed by atoms with Crippen LogP contribution in [0.2, 0.25) is 0 Å². The number of benzene rings is 1. The largest absolute Gasteiger partial charge is 1.00 e. The van der Waals surface area contributed by atoms with Gasteiger partial charge in [-0.15, -0.1) is 0 Å². The summed E-state index contributed by atoms with van der Waals surface area (Å²) >= 11 is 0. The number of unbranched alkanes of at least 4 members (excludes halogenated alkanes) is 1. The van der Waals surface area contributed by atoms with E-state index >= 15 is 0 Å². The van der Waals surface area contributed by atoms with Gasteiger partial charge < -0.3 is 28.7 Å². The Balaban J connectivity index is 0.00000156. The lowest BCUT2D eigenvalue weighted by Gasteiger charge is -2.11. The highest BCUT2D eigenvalue weighted by atomic mass is 127. The second kappa shape index (κ2) is 6.83. The Morgan fingerprint density at radius 2 is 2.13 bits per heavy atom. The van der Waals surface area contributed by atoms with Crippen LogP contribution in [0.25, 0.3) is 0 Å². The summed E-state index contributed by atoms with van der Waals surface area (Å²) in [5.41, 5.74) is 4.41. The fraction of sp³-hybridized carbons (Fsp3) is 0.526. The quantitative estimate of drug-likeness (QED) is 0.512. The first-order valence-electron chi connectivity index (χ1n) is 8.63. The van der Waals surface area contributed by atoms with Crippen LogP contribution in [0.3, 0.4) is 0 Å². The molecule has 2 aromatic rings. The van der Waals surface area contributed by atoms with E-state index in [1.54, 1.807) is 0 Å². The number of hydrogen-bond acceptors (Lipinski definition) is 1. The summed E-state index contributed by atoms with van der Waals surface area (Å²) in [5, 5.41) is 0. The van der Waals surface area contributed by atoms with Crippen LogP contribution in [0.1, 0.15) is 54.7 Å². The van der Waals surface area contributed by atoms with Gasteiger partial charge in [-0.2, -0.15) is 0 Å². The third-order valence-corrected chi connectivity index (χ3v) is 5.28. The van der Waals surface area contributed by atoms with Gasteiger partial charge in [-0.1, -0.05) is 19.4 Å². The predicted octanol–water partition coefficient (Wildman–Crippen LogP) is 0.359. The van der Waals surface area contributed by atoms with Gasteiger partial charge in [-0.3, -0.25) is 0 Å². The highest BCUT2D eigenvalue weighted by Crippen LogP contribution is 2.40. The van der Waals surface area contributed by atoms with Gasteiger partial charge in [-0.25, -0.2) is 9.13 Å². The smallest absolute Gasteiger partial charge is 0.253 e. The third-order valence-electron chi connectivity index (χ3n) is 5.28. The SMILES string of the molecule is CCCC[n+]1ccn(C2CCc3cc4c(cc32)OCC4)c1C.[I-]. The van der Waals surface area contributed by atoms with Gasteiger partial charge in [0.15, 0.2) is 0 Å². The molecule has 1 aliphatic carbocycles. The Bertz CT molecular complexity index is 708. The number of rotatable bonds is 4. The van der Waals surface area contributed by atoms with E-state index in [1.807, 2.05) is 0 Å². The topological polar surface area (TPSA) is 18.0 Å². The maximum absolute atomic E-state index is 5.78. The highest BCUT2D eigenvalue weighted by Gasteiger charge is 2.32. The van der Waals surface area contributed by atoms with Crippen molar-refractivity contribution in [1.29, 1.82) is 0 Å². The van der Waals surface area contributed by atoms with Gasteiger partial charge in [0.1, 0.15) is 24.2 Å². The van der Waals surface area contributed by atoms with Crippen molar-refractivity contribution < 1.29 is 33.3 Å². The van der Waals surface area contributed by atoms with E-state index < -0.39 is 0 Å². The third kappa shape index (κ3) is 2.90. The van der Waals surface area contributed by atoms with E-state index in [2.05, 4.69) is 47.5 Å². The minimum absolute atomic E-state index is 0. The summed E-state index contributed by atoms with van der Waals surface area (Å²) in [6.45, 7) is 6.48. The summed E-state index contributed by atoms with van der Waals surface area (Å²) in [6.07, 6.45) is 10.5. The first-order chi connectivity index (χ1) is 10.8. The number of halogens is 1. The van der Waals surface area contributed by atoms with Gasteiger partial charge in [0.05, 0.1) is 13.2 Å². The molecule has 0 fully saturated rings. The minimum atomic E-state index is 0. The molecule has 0 saturated carbocycles. The molecule has 1 aromatic heterocycles. The Labute approximate surface area is 155 Å². The average Bonchev–Trinajstić information content (AvgIpc) is 3.21. The van der Waals surface area contributed by atoms with E-state index in [0.717, 1.165) is 25.3 Å². The predicted molar refractivity (Wildman–Crippen MR) is 86.4 cm³/mol. The van der Waals surface area contributed by atoms with Crippen molar-refractivity contribution in [3.63, 3.8) is 0 Å². The molecule has 4 heteroatoms. The lowest BCUT2D eigenvalue weighted by atomic mass is 10.0. The second-order valence-corrected chi connectivity index (χ2v) is 6.61. The summed E-state index contributed by atoms with van der Waals surface area (Å²) < 4.78 is 10.6. The lowest BCUT2D eigenvalue weighted by Crippen LogP contribution is -3.00. The van der Waals surface area contributed by atoms with Crippen LogP contribution in [0.4, 0.5) is 0 Å². The zero-order valence-corrected chi connectivity index (χ0v) is 16.2. The van der Waals surface area contributed by atoms with E-state index in [0.29, 0.717) is 6.04 Å². The second-order valence-electron chi connectivity index (χ2n) is 6.61. The van der Waals surface area contributed by atoms with Crippen molar-refractivity contribution in [2.24, 2.45) is 0 Å². The maximum atomic E-state index is 5.78. The monoisotopic (exact) mass is 424 g/mol. The Hall–Kier alpha value is -1.04. The summed E-state index contributed by atoms with van der Waals surface area (Å²) in [5.74, 6) is 2.49. The van der Waals surface area contributed by atoms with Gasteiger partial charge in [0, 0.05) is 18.9 Å². The Kier molecular flexibility index (Phi) is 4.99. The number of fused-ring (bicyclic) bond motifs is 2. The zero-order chi connectivity index (χ0) is 15.1. The van der Waals surface area contributed by atoms with Crippen LogP contribution in [0.15, 0.2) is 24.5 Å². The highest BCUT2D eigenvalue weighted by molar-refractivity contribution is 5.48. The maximum Gasteiger partial charge on any atom is 0.253 e. The van der Waals surface area contributed by atoms with Crippen molar-refractivity contribution in [3.8, 4) is 5.75 Å². The molecule has 0 N–H and O–H groups in total. The van der Waals surface area contributed by atoms with E-state index in [4.69, 9.17) is 4.74 Å². The van der Waals surface area contributed by atoms with Crippen LogP contribution >= 0.6 is 0 Å². The fourth-order valence-electron chi connectivity index (χ4n) is 3.97. The molecule has 1 aromatic carbocycles. The number of hydrogen-bond donors (Lipinski definition) is 0. The molecule has 2 aliphatic rings. The zero-order valence-electron chi connectivity index (χ0n) is 14.0. The van der Waals surface area contributed by atoms with Gasteiger partial charge in [0.25, 0.3) is 5.82 Å². The number of aromatic nitrogens is 2. The molecule has 23 heavy (non-hydrogen) atoms. The molecule has 1 unspecified atom stereocenters. The summed E-state index contributed by atoms with van der Waals surface area (Å²) in [6, 6.07) is 5.18. The van der Waals surface area contributed by atoms with Crippen molar-refractivity contribution in [1.82, 2.24) is 4.57 Å². The Morgan fingerprint density at radius 1 is 1.26 bits per heavy atom. The van der Waals surface area contributed by atoms with Crippen LogP contribution in [0, 0.1) is 6.92 Å². The molecule has 0 amide bonds. The van der Waals surface area contributed by atoms with Crippen molar-refractivity contribution in [2.75, 3.05) is 6.61 Å². The molecule has 0 radical (unpaired) electrons. The summed E-state index contributed by atoms with van der Waals surface area (Å²) in [4.78, 5) is 0.